The lowest BCUT2D eigenvalue weighted by atomic mass is 10.0. The fraction of sp³-hybridized carbons (Fsp3) is 0.333. The minimum absolute atomic E-state index is 0.331. The molecule has 0 aliphatic heterocycles. The van der Waals surface area contributed by atoms with E-state index in [9.17, 15) is 9.59 Å². The van der Waals surface area contributed by atoms with Crippen LogP contribution in [0.15, 0.2) is 24.3 Å². The Hall–Kier alpha value is -1.92. The molecule has 0 aliphatic rings. The minimum atomic E-state index is -0.944. The number of hydrogen-bond acceptors (Lipinski definition) is 2. The molecule has 18 heavy (non-hydrogen) atoms. The average molecular weight is 254 g/mol. The van der Waals surface area contributed by atoms with E-state index in [1.807, 2.05) is 18.2 Å². The molecule has 1 rings (SSSR count). The van der Waals surface area contributed by atoms with E-state index in [2.05, 4.69) is 11.5 Å². The third kappa shape index (κ3) is 4.15. The summed E-state index contributed by atoms with van der Waals surface area (Å²) in [6.07, 6.45) is 0.663. The van der Waals surface area contributed by atoms with Crippen molar-refractivity contribution in [2.75, 3.05) is 0 Å². The topological polar surface area (TPSA) is 130 Å². The number of hydrogen-bond donors (Lipinski definition) is 4. The summed E-state index contributed by atoms with van der Waals surface area (Å²) < 4.78 is 0. The van der Waals surface area contributed by atoms with E-state index < -0.39 is 24.0 Å². The van der Waals surface area contributed by atoms with Gasteiger partial charge in [0, 0.05) is 12.8 Å². The summed E-state index contributed by atoms with van der Waals surface area (Å²) in [7, 11) is 0. The van der Waals surface area contributed by atoms with Gasteiger partial charge < -0.3 is 21.7 Å². The van der Waals surface area contributed by atoms with Gasteiger partial charge in [0.15, 0.2) is 12.1 Å². The van der Waals surface area contributed by atoms with Gasteiger partial charge in [-0.1, -0.05) is 24.3 Å². The van der Waals surface area contributed by atoms with Gasteiger partial charge in [0.1, 0.15) is 0 Å². The van der Waals surface area contributed by atoms with Crippen LogP contribution in [-0.2, 0) is 22.4 Å². The van der Waals surface area contributed by atoms with E-state index in [-0.39, 0.29) is 0 Å². The number of carboxylic acid groups (broad SMARTS) is 2. The van der Waals surface area contributed by atoms with Crippen molar-refractivity contribution in [3.8, 4) is 0 Å². The van der Waals surface area contributed by atoms with Crippen molar-refractivity contribution >= 4 is 11.9 Å². The van der Waals surface area contributed by atoms with Gasteiger partial charge in [0.05, 0.1) is 0 Å². The number of quaternary nitrogens is 2. The van der Waals surface area contributed by atoms with Crippen LogP contribution in [0.25, 0.3) is 0 Å². The lowest BCUT2D eigenvalue weighted by Crippen LogP contribution is -2.66. The Morgan fingerprint density at radius 1 is 1.00 bits per heavy atom. The van der Waals surface area contributed by atoms with Gasteiger partial charge in [-0.25, -0.2) is 9.59 Å². The average Bonchev–Trinajstić information content (AvgIpc) is 2.29. The van der Waals surface area contributed by atoms with Gasteiger partial charge >= 0.3 is 11.9 Å². The number of rotatable bonds is 6. The molecule has 2 atom stereocenters. The van der Waals surface area contributed by atoms with Gasteiger partial charge in [0.25, 0.3) is 0 Å². The molecule has 0 spiro atoms. The molecule has 0 saturated heterocycles. The second-order valence-electron chi connectivity index (χ2n) is 4.30. The van der Waals surface area contributed by atoms with Crippen LogP contribution in [0.2, 0.25) is 0 Å². The highest BCUT2D eigenvalue weighted by Crippen LogP contribution is 2.08. The Kier molecular flexibility index (Phi) is 4.82. The molecule has 1 aromatic rings. The third-order valence-corrected chi connectivity index (χ3v) is 2.65. The van der Waals surface area contributed by atoms with E-state index in [4.69, 9.17) is 10.2 Å². The van der Waals surface area contributed by atoms with E-state index >= 15 is 0 Å². The monoisotopic (exact) mass is 254 g/mol. The van der Waals surface area contributed by atoms with Crippen molar-refractivity contribution in [2.45, 2.75) is 24.9 Å². The Morgan fingerprint density at radius 3 is 1.72 bits per heavy atom. The molecule has 0 aromatic heterocycles. The maximum atomic E-state index is 10.7. The van der Waals surface area contributed by atoms with Crippen LogP contribution in [0.3, 0.4) is 0 Å². The van der Waals surface area contributed by atoms with E-state index in [1.54, 1.807) is 6.07 Å². The molecule has 1 aromatic carbocycles. The molecule has 0 heterocycles. The molecule has 2 unspecified atom stereocenters. The lowest BCUT2D eigenvalue weighted by Gasteiger charge is -2.07. The van der Waals surface area contributed by atoms with Crippen molar-refractivity contribution < 1.29 is 31.3 Å². The van der Waals surface area contributed by atoms with Crippen LogP contribution in [0, 0.1) is 0 Å². The summed E-state index contributed by atoms with van der Waals surface area (Å²) >= 11 is 0. The fourth-order valence-corrected chi connectivity index (χ4v) is 1.63. The van der Waals surface area contributed by atoms with Gasteiger partial charge in [-0.15, -0.1) is 0 Å². The molecular formula is C12H18N2O4+2. The van der Waals surface area contributed by atoms with Crippen molar-refractivity contribution in [3.05, 3.63) is 35.4 Å². The number of aliphatic carboxylic acids is 2. The predicted molar refractivity (Wildman–Crippen MR) is 62.5 cm³/mol. The normalized spacial score (nSPS) is 13.9. The quantitative estimate of drug-likeness (QED) is 0.475. The highest BCUT2D eigenvalue weighted by molar-refractivity contribution is 5.72. The molecule has 0 aliphatic carbocycles. The van der Waals surface area contributed by atoms with Gasteiger partial charge in [-0.2, -0.15) is 0 Å². The fourth-order valence-electron chi connectivity index (χ4n) is 1.63. The largest absolute Gasteiger partial charge is 0.477 e. The summed E-state index contributed by atoms with van der Waals surface area (Å²) in [4.78, 5) is 21.4. The zero-order chi connectivity index (χ0) is 13.7. The lowest BCUT2D eigenvalue weighted by molar-refractivity contribution is -0.407. The SMILES string of the molecule is [NH3+]C(Cc1cccc(CC([NH3+])C(=O)O)c1)C(=O)O. The smallest absolute Gasteiger partial charge is 0.362 e. The van der Waals surface area contributed by atoms with Crippen LogP contribution < -0.4 is 11.5 Å². The first-order valence-electron chi connectivity index (χ1n) is 5.59. The van der Waals surface area contributed by atoms with Crippen molar-refractivity contribution in [3.63, 3.8) is 0 Å². The number of carbonyl (C=O) groups is 2. The summed E-state index contributed by atoms with van der Waals surface area (Å²) in [6.45, 7) is 0. The van der Waals surface area contributed by atoms with Gasteiger partial charge in [0.2, 0.25) is 0 Å². The first-order valence-corrected chi connectivity index (χ1v) is 5.59. The highest BCUT2D eigenvalue weighted by atomic mass is 16.4. The Morgan fingerprint density at radius 2 is 1.39 bits per heavy atom. The standard InChI is InChI=1S/C12H16N2O4/c13-9(11(15)16)5-7-2-1-3-8(4-7)6-10(14)12(17)18/h1-4,9-10H,5-6,13-14H2,(H,15,16)(H,17,18)/p+2. The van der Waals surface area contributed by atoms with Crippen LogP contribution in [0.1, 0.15) is 11.1 Å². The molecule has 0 saturated carbocycles. The first kappa shape index (κ1) is 14.1. The number of benzene rings is 1. The molecule has 0 amide bonds. The molecular weight excluding hydrogens is 236 g/mol. The Bertz CT molecular complexity index is 410. The summed E-state index contributed by atoms with van der Waals surface area (Å²) in [5, 5.41) is 17.6. The maximum absolute atomic E-state index is 10.7. The molecule has 0 radical (unpaired) electrons. The Labute approximate surface area is 104 Å². The second kappa shape index (κ2) is 6.13. The van der Waals surface area contributed by atoms with Gasteiger partial charge in [-0.05, 0) is 11.1 Å². The maximum Gasteiger partial charge on any atom is 0.362 e. The third-order valence-electron chi connectivity index (χ3n) is 2.65. The van der Waals surface area contributed by atoms with E-state index in [0.717, 1.165) is 11.1 Å². The van der Waals surface area contributed by atoms with E-state index in [0.29, 0.717) is 12.8 Å². The zero-order valence-corrected chi connectivity index (χ0v) is 10.0. The zero-order valence-electron chi connectivity index (χ0n) is 10.0. The van der Waals surface area contributed by atoms with Crippen molar-refractivity contribution in [1.29, 1.82) is 0 Å². The van der Waals surface area contributed by atoms with Crippen molar-refractivity contribution in [1.82, 2.24) is 0 Å². The van der Waals surface area contributed by atoms with E-state index in [1.165, 1.54) is 0 Å². The first-order chi connectivity index (χ1) is 8.40. The predicted octanol–water partition coefficient (Wildman–Crippen LogP) is -1.84. The highest BCUT2D eigenvalue weighted by Gasteiger charge is 2.18. The van der Waals surface area contributed by atoms with Crippen LogP contribution >= 0.6 is 0 Å². The van der Waals surface area contributed by atoms with Crippen LogP contribution in [-0.4, -0.2) is 34.2 Å². The summed E-state index contributed by atoms with van der Waals surface area (Å²) in [5.41, 5.74) is 8.77. The van der Waals surface area contributed by atoms with Crippen LogP contribution in [0.5, 0.6) is 0 Å². The second-order valence-corrected chi connectivity index (χ2v) is 4.30. The van der Waals surface area contributed by atoms with Crippen LogP contribution in [0.4, 0.5) is 0 Å². The molecule has 8 N–H and O–H groups in total. The summed E-state index contributed by atoms with van der Waals surface area (Å²) in [6, 6.07) is 5.81. The molecule has 0 fully saturated rings. The van der Waals surface area contributed by atoms with Crippen molar-refractivity contribution in [2.24, 2.45) is 0 Å². The van der Waals surface area contributed by atoms with Gasteiger partial charge in [-0.3, -0.25) is 0 Å². The Balaban J connectivity index is 2.73. The minimum Gasteiger partial charge on any atom is -0.477 e. The molecule has 98 valence electrons. The molecule has 6 heteroatoms. The number of carboxylic acids is 2. The summed E-state index contributed by atoms with van der Waals surface area (Å²) in [5.74, 6) is -1.89. The molecule has 0 bridgehead atoms. The molecule has 6 nitrogen and oxygen atoms in total.